The number of nitrogens with zero attached hydrogens (tertiary/aromatic N) is 1. The molecule has 0 bridgehead atoms. The number of aromatic nitrogens is 2. The Morgan fingerprint density at radius 3 is 3.08 bits per heavy atom. The van der Waals surface area contributed by atoms with E-state index in [0.717, 1.165) is 0 Å². The zero-order valence-electron chi connectivity index (χ0n) is 6.80. The largest absolute Gasteiger partial charge is 0.430 e. The number of nitrogens with one attached hydrogen (secondary N) is 1. The Morgan fingerprint density at radius 2 is 2.38 bits per heavy atom. The molecule has 0 saturated carbocycles. The zero-order valence-corrected chi connectivity index (χ0v) is 6.80. The topological polar surface area (TPSA) is 49.9 Å². The van der Waals surface area contributed by atoms with E-state index in [1.54, 1.807) is 0 Å². The van der Waals surface area contributed by atoms with E-state index >= 15 is 0 Å². The van der Waals surface area contributed by atoms with Crippen LogP contribution in [-0.2, 0) is 6.54 Å². The first kappa shape index (κ1) is 8.40. The number of halogens is 2. The van der Waals surface area contributed by atoms with Gasteiger partial charge in [0.1, 0.15) is 5.92 Å². The van der Waals surface area contributed by atoms with Gasteiger partial charge in [0.2, 0.25) is 0 Å². The van der Waals surface area contributed by atoms with Gasteiger partial charge in [-0.15, -0.1) is 0 Å². The lowest BCUT2D eigenvalue weighted by atomic mass is 9.97. The SMILES string of the molecule is O=c1o[nH][n+]2c1C(C(F)F)CCC2. The summed E-state index contributed by atoms with van der Waals surface area (Å²) in [6.45, 7) is 0.546. The molecule has 1 N–H and O–H groups in total. The highest BCUT2D eigenvalue weighted by atomic mass is 19.3. The minimum Gasteiger partial charge on any atom is -0.283 e. The molecule has 0 radical (unpaired) electrons. The molecule has 1 aromatic rings. The van der Waals surface area contributed by atoms with E-state index in [0.29, 0.717) is 19.4 Å². The summed E-state index contributed by atoms with van der Waals surface area (Å²) < 4.78 is 30.7. The molecule has 0 aliphatic carbocycles. The molecule has 13 heavy (non-hydrogen) atoms. The summed E-state index contributed by atoms with van der Waals surface area (Å²) in [5.74, 6) is -0.976. The minimum atomic E-state index is -2.50. The van der Waals surface area contributed by atoms with Crippen LogP contribution in [0.4, 0.5) is 8.78 Å². The van der Waals surface area contributed by atoms with Gasteiger partial charge in [0.25, 0.3) is 6.43 Å². The molecule has 0 saturated heterocycles. The van der Waals surface area contributed by atoms with Crippen molar-refractivity contribution in [3.8, 4) is 0 Å². The summed E-state index contributed by atoms with van der Waals surface area (Å²) in [6, 6.07) is 0. The molecule has 1 unspecified atom stereocenters. The number of hydrogen-bond donors (Lipinski definition) is 1. The van der Waals surface area contributed by atoms with Gasteiger partial charge in [0.15, 0.2) is 6.54 Å². The number of aromatic amines is 1. The van der Waals surface area contributed by atoms with Crippen molar-refractivity contribution in [2.24, 2.45) is 0 Å². The molecule has 72 valence electrons. The number of hydrogen-bond acceptors (Lipinski definition) is 2. The highest BCUT2D eigenvalue weighted by Gasteiger charge is 2.39. The van der Waals surface area contributed by atoms with E-state index in [-0.39, 0.29) is 5.69 Å². The van der Waals surface area contributed by atoms with E-state index in [1.807, 2.05) is 0 Å². The molecule has 6 heteroatoms. The molecular weight excluding hydrogens is 182 g/mol. The van der Waals surface area contributed by atoms with E-state index < -0.39 is 18.0 Å². The van der Waals surface area contributed by atoms with Crippen molar-refractivity contribution in [1.82, 2.24) is 5.27 Å². The summed E-state index contributed by atoms with van der Waals surface area (Å²) in [4.78, 5) is 11.0. The lowest BCUT2D eigenvalue weighted by Gasteiger charge is -2.13. The zero-order chi connectivity index (χ0) is 9.42. The van der Waals surface area contributed by atoms with Crippen LogP contribution in [0.5, 0.6) is 0 Å². The molecule has 2 heterocycles. The standard InChI is InChI=1S/C7H8F2N2O2/c8-6(9)4-2-1-3-11-5(4)7(12)13-10-11/h4,6H,1-3H2/p+1. The molecule has 1 aliphatic heterocycles. The fourth-order valence-electron chi connectivity index (χ4n) is 1.68. The third-order valence-electron chi connectivity index (χ3n) is 2.30. The number of rotatable bonds is 1. The van der Waals surface area contributed by atoms with Crippen molar-refractivity contribution in [3.63, 3.8) is 0 Å². The second kappa shape index (κ2) is 2.93. The van der Waals surface area contributed by atoms with E-state index in [4.69, 9.17) is 0 Å². The van der Waals surface area contributed by atoms with Crippen molar-refractivity contribution in [3.05, 3.63) is 16.1 Å². The Morgan fingerprint density at radius 1 is 1.62 bits per heavy atom. The van der Waals surface area contributed by atoms with Crippen molar-refractivity contribution in [2.75, 3.05) is 0 Å². The maximum Gasteiger partial charge on any atom is 0.430 e. The Labute approximate surface area is 72.1 Å². The quantitative estimate of drug-likeness (QED) is 0.653. The Bertz CT molecular complexity index is 358. The maximum atomic E-state index is 12.4. The van der Waals surface area contributed by atoms with E-state index in [9.17, 15) is 13.6 Å². The third-order valence-corrected chi connectivity index (χ3v) is 2.30. The Hall–Kier alpha value is -1.20. The number of aryl methyl sites for hydroxylation is 1. The van der Waals surface area contributed by atoms with Crippen LogP contribution in [0.3, 0.4) is 0 Å². The second-order valence-electron chi connectivity index (χ2n) is 3.10. The predicted molar refractivity (Wildman–Crippen MR) is 37.5 cm³/mol. The molecule has 4 nitrogen and oxygen atoms in total. The van der Waals surface area contributed by atoms with Gasteiger partial charge in [-0.05, 0) is 11.7 Å². The van der Waals surface area contributed by atoms with Crippen LogP contribution < -0.4 is 10.3 Å². The van der Waals surface area contributed by atoms with Crippen LogP contribution in [0.2, 0.25) is 0 Å². The van der Waals surface area contributed by atoms with Crippen LogP contribution in [0.15, 0.2) is 9.32 Å². The van der Waals surface area contributed by atoms with Crippen molar-refractivity contribution >= 4 is 0 Å². The summed E-state index contributed by atoms with van der Waals surface area (Å²) in [5.41, 5.74) is -0.605. The number of H-pyrrole nitrogens is 1. The average Bonchev–Trinajstić information content (AvgIpc) is 2.48. The predicted octanol–water partition coefficient (Wildman–Crippen LogP) is 0.398. The lowest BCUT2D eigenvalue weighted by molar-refractivity contribution is -0.774. The lowest BCUT2D eigenvalue weighted by Crippen LogP contribution is -2.46. The first-order valence-corrected chi connectivity index (χ1v) is 4.09. The Kier molecular flexibility index (Phi) is 1.90. The molecule has 0 amide bonds. The van der Waals surface area contributed by atoms with Crippen molar-refractivity contribution in [2.45, 2.75) is 31.7 Å². The normalized spacial score (nSPS) is 21.9. The van der Waals surface area contributed by atoms with Crippen molar-refractivity contribution < 1.29 is 18.0 Å². The van der Waals surface area contributed by atoms with Gasteiger partial charge < -0.3 is 0 Å². The van der Waals surface area contributed by atoms with Gasteiger partial charge in [-0.1, -0.05) is 4.68 Å². The summed E-state index contributed by atoms with van der Waals surface area (Å²) in [7, 11) is 0. The monoisotopic (exact) mass is 191 g/mol. The van der Waals surface area contributed by atoms with E-state index in [2.05, 4.69) is 9.79 Å². The molecule has 1 aromatic heterocycles. The van der Waals surface area contributed by atoms with Crippen LogP contribution in [0.1, 0.15) is 24.5 Å². The van der Waals surface area contributed by atoms with Crippen LogP contribution in [0, 0.1) is 0 Å². The first-order valence-electron chi connectivity index (χ1n) is 4.09. The number of alkyl halides is 2. The molecule has 0 spiro atoms. The highest BCUT2D eigenvalue weighted by Crippen LogP contribution is 2.26. The van der Waals surface area contributed by atoms with Crippen LogP contribution >= 0.6 is 0 Å². The van der Waals surface area contributed by atoms with Gasteiger partial charge in [-0.3, -0.25) is 4.52 Å². The molecule has 1 atom stereocenters. The number of fused-ring (bicyclic) bond motifs is 1. The van der Waals surface area contributed by atoms with Gasteiger partial charge in [0, 0.05) is 6.42 Å². The molecule has 0 fully saturated rings. The average molecular weight is 191 g/mol. The van der Waals surface area contributed by atoms with Gasteiger partial charge in [0.05, 0.1) is 0 Å². The third kappa shape index (κ3) is 1.26. The van der Waals surface area contributed by atoms with Gasteiger partial charge in [-0.2, -0.15) is 0 Å². The summed E-state index contributed by atoms with van der Waals surface area (Å²) >= 11 is 0. The van der Waals surface area contributed by atoms with Gasteiger partial charge in [-0.25, -0.2) is 13.6 Å². The molecule has 2 rings (SSSR count). The summed E-state index contributed by atoms with van der Waals surface area (Å²) in [6.07, 6.45) is -1.51. The smallest absolute Gasteiger partial charge is 0.283 e. The van der Waals surface area contributed by atoms with E-state index in [1.165, 1.54) is 4.68 Å². The fourth-order valence-corrected chi connectivity index (χ4v) is 1.68. The van der Waals surface area contributed by atoms with Crippen molar-refractivity contribution in [1.29, 1.82) is 0 Å². The highest BCUT2D eigenvalue weighted by molar-refractivity contribution is 4.97. The summed E-state index contributed by atoms with van der Waals surface area (Å²) in [5, 5.41) is 2.31. The first-order chi connectivity index (χ1) is 6.20. The van der Waals surface area contributed by atoms with Crippen LogP contribution in [-0.4, -0.2) is 11.7 Å². The van der Waals surface area contributed by atoms with Gasteiger partial charge >= 0.3 is 11.3 Å². The molecule has 1 aliphatic rings. The minimum absolute atomic E-state index is 0.0706. The van der Waals surface area contributed by atoms with Crippen LogP contribution in [0.25, 0.3) is 0 Å². The maximum absolute atomic E-state index is 12.4. The molecular formula is C7H9F2N2O2+. The fraction of sp³-hybridized carbons (Fsp3) is 0.714. The molecule has 0 aromatic carbocycles. The second-order valence-corrected chi connectivity index (χ2v) is 3.10. The Balaban J connectivity index is 2.46.